The summed E-state index contributed by atoms with van der Waals surface area (Å²) in [5.41, 5.74) is -2.72. The quantitative estimate of drug-likeness (QED) is 0.601. The van der Waals surface area contributed by atoms with Gasteiger partial charge in [0.1, 0.15) is 5.71 Å². The van der Waals surface area contributed by atoms with Crippen LogP contribution in [0.1, 0.15) is 0 Å². The molecule has 0 radical (unpaired) electrons. The number of rotatable bonds is 3. The van der Waals surface area contributed by atoms with Crippen molar-refractivity contribution in [1.29, 1.82) is 5.41 Å². The van der Waals surface area contributed by atoms with Gasteiger partial charge in [0.2, 0.25) is 0 Å². The third-order valence-corrected chi connectivity index (χ3v) is 1.53. The van der Waals surface area contributed by atoms with E-state index < -0.39 is 42.1 Å². The lowest BCUT2D eigenvalue weighted by atomic mass is 10.1. The maximum Gasteiger partial charge on any atom is 0.459 e. The highest BCUT2D eigenvalue weighted by molar-refractivity contribution is 5.98. The van der Waals surface area contributed by atoms with E-state index in [1.54, 1.807) is 0 Å². The third kappa shape index (κ3) is 3.35. The highest BCUT2D eigenvalue weighted by Gasteiger charge is 2.61. The predicted octanol–water partition coefficient (Wildman–Crippen LogP) is 3.96. The topological polar surface area (TPSA) is 23.9 Å². The minimum absolute atomic E-state index is 0.930. The smallest absolute Gasteiger partial charge is 0.299 e. The van der Waals surface area contributed by atoms with Crippen LogP contribution in [-0.2, 0) is 0 Å². The Balaban J connectivity index is 5.11. The molecule has 0 aromatic heterocycles. The van der Waals surface area contributed by atoms with E-state index in [1.165, 1.54) is 0 Å². The van der Waals surface area contributed by atoms with E-state index in [-0.39, 0.29) is 0 Å². The molecule has 106 valence electrons. The van der Waals surface area contributed by atoms with Gasteiger partial charge < -0.3 is 0 Å². The molecule has 0 heterocycles. The molecule has 18 heavy (non-hydrogen) atoms. The van der Waals surface area contributed by atoms with E-state index in [0.29, 0.717) is 0 Å². The van der Waals surface area contributed by atoms with E-state index >= 15 is 0 Å². The van der Waals surface area contributed by atoms with Crippen LogP contribution in [0.5, 0.6) is 0 Å². The van der Waals surface area contributed by atoms with Gasteiger partial charge in [-0.05, 0) is 12.2 Å². The van der Waals surface area contributed by atoms with E-state index in [4.69, 9.17) is 5.41 Å². The van der Waals surface area contributed by atoms with Crippen LogP contribution in [0, 0.1) is 5.41 Å². The summed E-state index contributed by atoms with van der Waals surface area (Å²) in [7, 11) is 0. The van der Waals surface area contributed by atoms with E-state index in [2.05, 4.69) is 0 Å². The summed E-state index contributed by atoms with van der Waals surface area (Å²) in [4.78, 5) is 0. The Hall–Kier alpha value is -1.29. The van der Waals surface area contributed by atoms with Crippen molar-refractivity contribution in [3.8, 4) is 0 Å². The van der Waals surface area contributed by atoms with Crippen LogP contribution in [0.25, 0.3) is 0 Å². The minimum Gasteiger partial charge on any atom is -0.299 e. The van der Waals surface area contributed by atoms with Crippen molar-refractivity contribution in [2.45, 2.75) is 24.2 Å². The zero-order valence-electron chi connectivity index (χ0n) is 7.93. The Morgan fingerprint density at radius 2 is 1.11 bits per heavy atom. The summed E-state index contributed by atoms with van der Waals surface area (Å²) in [6.07, 6.45) is -14.6. The first-order valence-electron chi connectivity index (χ1n) is 3.80. The van der Waals surface area contributed by atoms with Gasteiger partial charge in [0, 0.05) is 0 Å². The molecule has 0 saturated heterocycles. The Labute approximate surface area is 92.6 Å². The lowest BCUT2D eigenvalue weighted by molar-refractivity contribution is -0.259. The average Bonchev–Trinajstić information content (AvgIpc) is 2.10. The number of hydrogen-bond acceptors (Lipinski definition) is 1. The van der Waals surface area contributed by atoms with Gasteiger partial charge in [-0.15, -0.1) is 0 Å². The molecule has 0 saturated carbocycles. The van der Waals surface area contributed by atoms with Crippen molar-refractivity contribution in [2.75, 3.05) is 0 Å². The zero-order chi connectivity index (χ0) is 15.0. The summed E-state index contributed by atoms with van der Waals surface area (Å²) in [6.45, 7) is 0. The number of allylic oxidation sites excluding steroid dienone is 2. The molecule has 0 aromatic rings. The second-order valence-electron chi connectivity index (χ2n) is 2.94. The van der Waals surface area contributed by atoms with E-state index in [0.717, 1.165) is 0 Å². The normalized spacial score (nSPS) is 15.2. The van der Waals surface area contributed by atoms with Crippen LogP contribution in [0.4, 0.5) is 43.9 Å². The molecule has 1 N–H and O–H groups in total. The van der Waals surface area contributed by atoms with Crippen molar-refractivity contribution in [3.63, 3.8) is 0 Å². The van der Waals surface area contributed by atoms with Crippen LogP contribution in [0.2, 0.25) is 0 Å². The Morgan fingerprint density at radius 1 is 0.722 bits per heavy atom. The van der Waals surface area contributed by atoms with E-state index in [1.807, 2.05) is 0 Å². The van der Waals surface area contributed by atoms with Crippen LogP contribution >= 0.6 is 0 Å². The molecular weight excluding hydrogens is 288 g/mol. The largest absolute Gasteiger partial charge is 0.459 e. The summed E-state index contributed by atoms with van der Waals surface area (Å²) in [5, 5.41) is 6.17. The first kappa shape index (κ1) is 16.7. The maximum atomic E-state index is 12.3. The van der Waals surface area contributed by atoms with Gasteiger partial charge in [0.25, 0.3) is 0 Å². The highest BCUT2D eigenvalue weighted by Crippen LogP contribution is 2.39. The molecule has 0 aliphatic heterocycles. The fourth-order valence-electron chi connectivity index (χ4n) is 0.540. The Morgan fingerprint density at radius 3 is 1.39 bits per heavy atom. The summed E-state index contributed by atoms with van der Waals surface area (Å²) in [6, 6.07) is 0. The van der Waals surface area contributed by atoms with Gasteiger partial charge in [-0.3, -0.25) is 5.41 Å². The fourth-order valence-corrected chi connectivity index (χ4v) is 0.540. The van der Waals surface area contributed by atoms with Crippen molar-refractivity contribution in [3.05, 3.63) is 12.2 Å². The molecule has 0 bridgehead atoms. The average molecular weight is 291 g/mol. The standard InChI is InChI=1S/C7H3F10N/c8-4(9,6(12,13)14)2-1-3(18)5(10,11)7(15,16)17/h1-2,18H/b2-1+,18-3?. The summed E-state index contributed by atoms with van der Waals surface area (Å²) in [5.74, 6) is -11.4. The van der Waals surface area contributed by atoms with Gasteiger partial charge in [0.05, 0.1) is 0 Å². The first-order chi connectivity index (χ1) is 7.63. The van der Waals surface area contributed by atoms with Crippen LogP contribution in [0.15, 0.2) is 12.2 Å². The Bertz CT molecular complexity index is 346. The predicted molar refractivity (Wildman–Crippen MR) is 38.9 cm³/mol. The third-order valence-electron chi connectivity index (χ3n) is 1.53. The molecule has 0 rings (SSSR count). The van der Waals surface area contributed by atoms with Gasteiger partial charge in [-0.2, -0.15) is 43.9 Å². The number of hydrogen-bond donors (Lipinski definition) is 1. The molecule has 0 unspecified atom stereocenters. The summed E-state index contributed by atoms with van der Waals surface area (Å²) >= 11 is 0. The van der Waals surface area contributed by atoms with Gasteiger partial charge in [0.15, 0.2) is 0 Å². The molecule has 0 aliphatic carbocycles. The molecule has 0 aromatic carbocycles. The molecule has 11 heteroatoms. The van der Waals surface area contributed by atoms with Crippen LogP contribution < -0.4 is 0 Å². The molecule has 0 aliphatic rings. The molecule has 0 spiro atoms. The van der Waals surface area contributed by atoms with Gasteiger partial charge in [-0.25, -0.2) is 0 Å². The minimum atomic E-state index is -6.26. The van der Waals surface area contributed by atoms with Crippen molar-refractivity contribution < 1.29 is 43.9 Å². The second-order valence-corrected chi connectivity index (χ2v) is 2.94. The van der Waals surface area contributed by atoms with E-state index in [9.17, 15) is 43.9 Å². The molecular formula is C7H3F10N. The van der Waals surface area contributed by atoms with Gasteiger partial charge >= 0.3 is 24.2 Å². The second kappa shape index (κ2) is 4.43. The van der Waals surface area contributed by atoms with Crippen LogP contribution in [-0.4, -0.2) is 29.9 Å². The maximum absolute atomic E-state index is 12.3. The highest BCUT2D eigenvalue weighted by atomic mass is 19.4. The summed E-state index contributed by atoms with van der Waals surface area (Å²) < 4.78 is 118. The molecule has 0 fully saturated rings. The fraction of sp³-hybridized carbons (Fsp3) is 0.571. The number of halogens is 10. The number of alkyl halides is 10. The first-order valence-corrected chi connectivity index (χ1v) is 3.80. The molecule has 1 nitrogen and oxygen atoms in total. The Kier molecular flexibility index (Phi) is 4.11. The number of nitrogens with one attached hydrogen (secondary N) is 1. The van der Waals surface area contributed by atoms with Crippen molar-refractivity contribution in [2.24, 2.45) is 0 Å². The lowest BCUT2D eigenvalue weighted by Crippen LogP contribution is -2.43. The monoisotopic (exact) mass is 291 g/mol. The zero-order valence-corrected chi connectivity index (χ0v) is 7.93. The van der Waals surface area contributed by atoms with Gasteiger partial charge in [-0.1, -0.05) is 0 Å². The molecule has 0 atom stereocenters. The molecule has 0 amide bonds. The SMILES string of the molecule is N=C(/C=C/C(F)(F)C(F)(F)F)C(F)(F)C(F)(F)F. The van der Waals surface area contributed by atoms with Crippen molar-refractivity contribution >= 4 is 5.71 Å². The lowest BCUT2D eigenvalue weighted by Gasteiger charge is -2.19. The van der Waals surface area contributed by atoms with Crippen molar-refractivity contribution in [1.82, 2.24) is 0 Å². The van der Waals surface area contributed by atoms with Crippen LogP contribution in [0.3, 0.4) is 0 Å².